The predicted molar refractivity (Wildman–Crippen MR) is 83.9 cm³/mol. The number of aryl methyl sites for hydroxylation is 1. The number of amides is 1. The lowest BCUT2D eigenvalue weighted by molar-refractivity contribution is -0.133. The van der Waals surface area contributed by atoms with Crippen molar-refractivity contribution in [3.63, 3.8) is 0 Å². The SMILES string of the molecule is Cc1cccnc1CN1CCN(C)C[C@@H](C(=O)N(C)C)C1. The van der Waals surface area contributed by atoms with Gasteiger partial charge in [0.25, 0.3) is 0 Å². The molecule has 0 saturated carbocycles. The molecule has 0 N–H and O–H groups in total. The molecule has 1 atom stereocenters. The highest BCUT2D eigenvalue weighted by Crippen LogP contribution is 2.14. The van der Waals surface area contributed by atoms with Gasteiger partial charge < -0.3 is 9.80 Å². The second-order valence-corrected chi connectivity index (χ2v) is 6.19. The standard InChI is InChI=1S/C16H26N4O/c1-13-6-5-7-17-15(13)12-20-9-8-19(4)10-14(11-20)16(21)18(2)3/h5-7,14H,8-12H2,1-4H3/t14-/m1/s1. The van der Waals surface area contributed by atoms with Crippen molar-refractivity contribution in [3.8, 4) is 0 Å². The van der Waals surface area contributed by atoms with E-state index in [9.17, 15) is 4.79 Å². The van der Waals surface area contributed by atoms with Crippen LogP contribution in [0, 0.1) is 12.8 Å². The molecule has 1 aliphatic heterocycles. The van der Waals surface area contributed by atoms with Crippen LogP contribution >= 0.6 is 0 Å². The van der Waals surface area contributed by atoms with E-state index in [2.05, 4.69) is 34.8 Å². The van der Waals surface area contributed by atoms with Crippen molar-refractivity contribution in [1.82, 2.24) is 19.7 Å². The zero-order valence-corrected chi connectivity index (χ0v) is 13.5. The molecule has 1 aromatic heterocycles. The van der Waals surface area contributed by atoms with Crippen molar-refractivity contribution >= 4 is 5.91 Å². The summed E-state index contributed by atoms with van der Waals surface area (Å²) >= 11 is 0. The molecular weight excluding hydrogens is 264 g/mol. The first-order chi connectivity index (χ1) is 9.97. The van der Waals surface area contributed by atoms with E-state index in [0.717, 1.165) is 38.4 Å². The Kier molecular flexibility index (Phi) is 5.31. The summed E-state index contributed by atoms with van der Waals surface area (Å²) in [6.07, 6.45) is 1.84. The predicted octanol–water partition coefficient (Wildman–Crippen LogP) is 0.842. The molecule has 1 aromatic rings. The van der Waals surface area contributed by atoms with Crippen molar-refractivity contribution in [2.75, 3.05) is 47.3 Å². The van der Waals surface area contributed by atoms with E-state index >= 15 is 0 Å². The van der Waals surface area contributed by atoms with Gasteiger partial charge in [-0.15, -0.1) is 0 Å². The Labute approximate surface area is 127 Å². The minimum atomic E-state index is 0.0384. The van der Waals surface area contributed by atoms with Gasteiger partial charge in [0.05, 0.1) is 11.6 Å². The van der Waals surface area contributed by atoms with Gasteiger partial charge in [-0.1, -0.05) is 6.07 Å². The number of aromatic nitrogens is 1. The maximum absolute atomic E-state index is 12.3. The molecule has 0 bridgehead atoms. The van der Waals surface area contributed by atoms with Gasteiger partial charge >= 0.3 is 0 Å². The van der Waals surface area contributed by atoms with Gasteiger partial charge in [0.2, 0.25) is 5.91 Å². The van der Waals surface area contributed by atoms with Crippen molar-refractivity contribution in [1.29, 1.82) is 0 Å². The molecule has 0 unspecified atom stereocenters. The van der Waals surface area contributed by atoms with E-state index in [1.165, 1.54) is 5.56 Å². The lowest BCUT2D eigenvalue weighted by Gasteiger charge is -2.25. The van der Waals surface area contributed by atoms with Crippen LogP contribution in [0.5, 0.6) is 0 Å². The van der Waals surface area contributed by atoms with Gasteiger partial charge in [-0.3, -0.25) is 14.7 Å². The van der Waals surface area contributed by atoms with Crippen LogP contribution in [0.3, 0.4) is 0 Å². The monoisotopic (exact) mass is 290 g/mol. The van der Waals surface area contributed by atoms with Gasteiger partial charge in [0.15, 0.2) is 0 Å². The minimum Gasteiger partial charge on any atom is -0.348 e. The van der Waals surface area contributed by atoms with Crippen LogP contribution in [0.2, 0.25) is 0 Å². The normalized spacial score (nSPS) is 21.0. The number of pyridine rings is 1. The summed E-state index contributed by atoms with van der Waals surface area (Å²) in [5, 5.41) is 0. The Bertz CT molecular complexity index is 489. The summed E-state index contributed by atoms with van der Waals surface area (Å²) in [6.45, 7) is 6.51. The second-order valence-electron chi connectivity index (χ2n) is 6.19. The Morgan fingerprint density at radius 1 is 1.38 bits per heavy atom. The van der Waals surface area contributed by atoms with Crippen molar-refractivity contribution in [2.45, 2.75) is 13.5 Å². The maximum Gasteiger partial charge on any atom is 0.227 e. The van der Waals surface area contributed by atoms with Crippen LogP contribution in [0.15, 0.2) is 18.3 Å². The molecule has 0 radical (unpaired) electrons. The third kappa shape index (κ3) is 4.25. The third-order valence-corrected chi connectivity index (χ3v) is 4.09. The quantitative estimate of drug-likeness (QED) is 0.827. The highest BCUT2D eigenvalue weighted by Gasteiger charge is 2.27. The molecule has 21 heavy (non-hydrogen) atoms. The van der Waals surface area contributed by atoms with E-state index in [0.29, 0.717) is 0 Å². The average molecular weight is 290 g/mol. The number of carbonyl (C=O) groups is 1. The zero-order chi connectivity index (χ0) is 15.4. The van der Waals surface area contributed by atoms with Crippen LogP contribution in [0.25, 0.3) is 0 Å². The molecule has 1 fully saturated rings. The molecule has 1 saturated heterocycles. The smallest absolute Gasteiger partial charge is 0.227 e. The molecule has 1 aliphatic rings. The first-order valence-electron chi connectivity index (χ1n) is 7.50. The second kappa shape index (κ2) is 7.00. The highest BCUT2D eigenvalue weighted by atomic mass is 16.2. The number of hydrogen-bond acceptors (Lipinski definition) is 4. The molecule has 0 spiro atoms. The number of likely N-dealkylation sites (N-methyl/N-ethyl adjacent to an activating group) is 1. The zero-order valence-electron chi connectivity index (χ0n) is 13.5. The number of nitrogens with zero attached hydrogens (tertiary/aromatic N) is 4. The molecule has 2 heterocycles. The van der Waals surface area contributed by atoms with Crippen LogP contribution in [0.1, 0.15) is 11.3 Å². The van der Waals surface area contributed by atoms with Gasteiger partial charge in [-0.25, -0.2) is 0 Å². The van der Waals surface area contributed by atoms with E-state index in [-0.39, 0.29) is 11.8 Å². The van der Waals surface area contributed by atoms with Crippen LogP contribution in [-0.4, -0.2) is 72.9 Å². The van der Waals surface area contributed by atoms with Crippen molar-refractivity contribution < 1.29 is 4.79 Å². The number of carbonyl (C=O) groups excluding carboxylic acids is 1. The molecule has 0 aliphatic carbocycles. The molecule has 5 nitrogen and oxygen atoms in total. The summed E-state index contributed by atoms with van der Waals surface area (Å²) in [5.41, 5.74) is 2.32. The Morgan fingerprint density at radius 2 is 2.14 bits per heavy atom. The molecule has 5 heteroatoms. The Balaban J connectivity index is 2.09. The summed E-state index contributed by atoms with van der Waals surface area (Å²) in [7, 11) is 5.76. The molecule has 116 valence electrons. The van der Waals surface area contributed by atoms with Gasteiger partial charge in [-0.05, 0) is 25.6 Å². The van der Waals surface area contributed by atoms with Gasteiger partial charge in [-0.2, -0.15) is 0 Å². The summed E-state index contributed by atoms with van der Waals surface area (Å²) in [4.78, 5) is 23.1. The Morgan fingerprint density at radius 3 is 2.81 bits per heavy atom. The summed E-state index contributed by atoms with van der Waals surface area (Å²) in [6, 6.07) is 4.06. The first kappa shape index (κ1) is 15.9. The minimum absolute atomic E-state index is 0.0384. The van der Waals surface area contributed by atoms with Crippen molar-refractivity contribution in [3.05, 3.63) is 29.6 Å². The number of rotatable bonds is 3. The highest BCUT2D eigenvalue weighted by molar-refractivity contribution is 5.78. The molecular formula is C16H26N4O. The van der Waals surface area contributed by atoms with Gasteiger partial charge in [0, 0.05) is 53.0 Å². The van der Waals surface area contributed by atoms with E-state index < -0.39 is 0 Å². The largest absolute Gasteiger partial charge is 0.348 e. The summed E-state index contributed by atoms with van der Waals surface area (Å²) < 4.78 is 0. The van der Waals surface area contributed by atoms with Crippen LogP contribution in [-0.2, 0) is 11.3 Å². The van der Waals surface area contributed by atoms with E-state index in [1.54, 1.807) is 4.90 Å². The Hall–Kier alpha value is -1.46. The maximum atomic E-state index is 12.3. The molecule has 2 rings (SSSR count). The van der Waals surface area contributed by atoms with E-state index in [1.807, 2.05) is 26.4 Å². The fourth-order valence-electron chi connectivity index (χ4n) is 2.80. The van der Waals surface area contributed by atoms with Crippen LogP contribution < -0.4 is 0 Å². The summed E-state index contributed by atoms with van der Waals surface area (Å²) in [5.74, 6) is 0.253. The lowest BCUT2D eigenvalue weighted by Crippen LogP contribution is -2.40. The van der Waals surface area contributed by atoms with Gasteiger partial charge in [0.1, 0.15) is 0 Å². The third-order valence-electron chi connectivity index (χ3n) is 4.09. The van der Waals surface area contributed by atoms with E-state index in [4.69, 9.17) is 0 Å². The lowest BCUT2D eigenvalue weighted by atomic mass is 10.1. The fraction of sp³-hybridized carbons (Fsp3) is 0.625. The first-order valence-corrected chi connectivity index (χ1v) is 7.50. The molecule has 0 aromatic carbocycles. The average Bonchev–Trinajstić information content (AvgIpc) is 2.62. The molecule has 1 amide bonds. The number of hydrogen-bond donors (Lipinski definition) is 0. The fourth-order valence-corrected chi connectivity index (χ4v) is 2.80. The topological polar surface area (TPSA) is 39.7 Å². The van der Waals surface area contributed by atoms with Crippen molar-refractivity contribution in [2.24, 2.45) is 5.92 Å². The van der Waals surface area contributed by atoms with Crippen LogP contribution in [0.4, 0.5) is 0 Å².